The highest BCUT2D eigenvalue weighted by Crippen LogP contribution is 2.18. The van der Waals surface area contributed by atoms with Crippen molar-refractivity contribution in [3.63, 3.8) is 0 Å². The fourth-order valence-electron chi connectivity index (χ4n) is 2.83. The van der Waals surface area contributed by atoms with Crippen molar-refractivity contribution in [1.82, 2.24) is 25.3 Å². The summed E-state index contributed by atoms with van der Waals surface area (Å²) in [5.41, 5.74) is 3.12. The maximum atomic E-state index is 5.40. The monoisotopic (exact) mass is 325 g/mol. The quantitative estimate of drug-likeness (QED) is 0.708. The molecule has 0 spiro atoms. The molecule has 0 amide bonds. The normalized spacial score (nSPS) is 15.0. The lowest BCUT2D eigenvalue weighted by Gasteiger charge is -2.29. The lowest BCUT2D eigenvalue weighted by atomic mass is 10.2. The van der Waals surface area contributed by atoms with Crippen LogP contribution >= 0.6 is 0 Å². The van der Waals surface area contributed by atoms with Crippen LogP contribution in [-0.4, -0.2) is 58.6 Å². The van der Waals surface area contributed by atoms with Gasteiger partial charge in [0.2, 0.25) is 0 Å². The molecule has 0 aliphatic carbocycles. The molecule has 8 nitrogen and oxygen atoms in total. The molecule has 0 unspecified atom stereocenters. The number of benzene rings is 1. The minimum absolute atomic E-state index is 0.641. The van der Waals surface area contributed by atoms with Crippen LogP contribution in [0, 0.1) is 0 Å². The summed E-state index contributed by atoms with van der Waals surface area (Å²) < 4.78 is 6.84. The fourth-order valence-corrected chi connectivity index (χ4v) is 2.83. The Kier molecular flexibility index (Phi) is 3.96. The standard InChI is InChI=1S/C16H19N7O/c1-21(16-7-6-15-17-19-20-23(15)18-16)12-13-2-4-14(5-3-13)22-8-10-24-11-9-22/h2-7H,8-12H2,1H3. The molecule has 4 rings (SSSR count). The molecule has 124 valence electrons. The Morgan fingerprint density at radius 2 is 1.88 bits per heavy atom. The van der Waals surface area contributed by atoms with Gasteiger partial charge in [-0.25, -0.2) is 0 Å². The summed E-state index contributed by atoms with van der Waals surface area (Å²) in [6.45, 7) is 4.28. The second kappa shape index (κ2) is 6.40. The molecule has 0 radical (unpaired) electrons. The van der Waals surface area contributed by atoms with Crippen molar-refractivity contribution in [2.75, 3.05) is 43.2 Å². The van der Waals surface area contributed by atoms with Crippen LogP contribution in [0.25, 0.3) is 5.65 Å². The van der Waals surface area contributed by atoms with Gasteiger partial charge < -0.3 is 14.5 Å². The SMILES string of the molecule is CN(Cc1ccc(N2CCOCC2)cc1)c1ccc2nnnn2n1. The molecule has 1 aliphatic heterocycles. The highest BCUT2D eigenvalue weighted by atomic mass is 16.5. The van der Waals surface area contributed by atoms with Gasteiger partial charge in [-0.1, -0.05) is 12.1 Å². The van der Waals surface area contributed by atoms with Crippen molar-refractivity contribution in [2.24, 2.45) is 0 Å². The molecule has 1 fully saturated rings. The van der Waals surface area contributed by atoms with Crippen LogP contribution in [0.4, 0.5) is 11.5 Å². The summed E-state index contributed by atoms with van der Waals surface area (Å²) in [4.78, 5) is 4.43. The van der Waals surface area contributed by atoms with E-state index >= 15 is 0 Å². The van der Waals surface area contributed by atoms with Crippen LogP contribution in [0.1, 0.15) is 5.56 Å². The van der Waals surface area contributed by atoms with Crippen molar-refractivity contribution in [2.45, 2.75) is 6.54 Å². The van der Waals surface area contributed by atoms with E-state index in [1.54, 1.807) is 0 Å². The minimum Gasteiger partial charge on any atom is -0.378 e. The minimum atomic E-state index is 0.641. The number of ether oxygens (including phenoxy) is 1. The number of tetrazole rings is 1. The van der Waals surface area contributed by atoms with E-state index in [2.05, 4.69) is 54.7 Å². The van der Waals surface area contributed by atoms with Gasteiger partial charge in [-0.15, -0.1) is 14.8 Å². The number of anilines is 2. The number of morpholine rings is 1. The molecule has 3 heterocycles. The Morgan fingerprint density at radius 1 is 1.08 bits per heavy atom. The molecule has 3 aromatic rings. The summed E-state index contributed by atoms with van der Waals surface area (Å²) in [6, 6.07) is 12.5. The van der Waals surface area contributed by atoms with Gasteiger partial charge in [0.25, 0.3) is 0 Å². The lowest BCUT2D eigenvalue weighted by Crippen LogP contribution is -2.36. The highest BCUT2D eigenvalue weighted by Gasteiger charge is 2.11. The van der Waals surface area contributed by atoms with Gasteiger partial charge in [0.1, 0.15) is 0 Å². The second-order valence-corrected chi connectivity index (χ2v) is 5.84. The van der Waals surface area contributed by atoms with Crippen LogP contribution in [0.5, 0.6) is 0 Å². The summed E-state index contributed by atoms with van der Waals surface area (Å²) in [7, 11) is 2.01. The molecule has 0 bridgehead atoms. The van der Waals surface area contributed by atoms with Gasteiger partial charge in [0.15, 0.2) is 11.5 Å². The highest BCUT2D eigenvalue weighted by molar-refractivity contribution is 5.49. The van der Waals surface area contributed by atoms with Gasteiger partial charge in [0.05, 0.1) is 13.2 Å². The third kappa shape index (κ3) is 3.00. The zero-order valence-electron chi connectivity index (χ0n) is 13.5. The van der Waals surface area contributed by atoms with Crippen LogP contribution in [0.2, 0.25) is 0 Å². The Hall–Kier alpha value is -2.74. The third-order valence-electron chi connectivity index (χ3n) is 4.18. The maximum Gasteiger partial charge on any atom is 0.200 e. The molecular formula is C16H19N7O. The first-order valence-electron chi connectivity index (χ1n) is 7.98. The number of fused-ring (bicyclic) bond motifs is 1. The molecule has 24 heavy (non-hydrogen) atoms. The van der Waals surface area contributed by atoms with E-state index in [-0.39, 0.29) is 0 Å². The summed E-state index contributed by atoms with van der Waals surface area (Å²) in [5.74, 6) is 0.826. The van der Waals surface area contributed by atoms with Crippen molar-refractivity contribution in [3.8, 4) is 0 Å². The van der Waals surface area contributed by atoms with Gasteiger partial charge in [-0.3, -0.25) is 0 Å². The number of hydrogen-bond acceptors (Lipinski definition) is 7. The Morgan fingerprint density at radius 3 is 2.67 bits per heavy atom. The van der Waals surface area contributed by atoms with Crippen LogP contribution in [-0.2, 0) is 11.3 Å². The van der Waals surface area contributed by atoms with Crippen LogP contribution in [0.3, 0.4) is 0 Å². The molecule has 1 aliphatic rings. The number of hydrogen-bond donors (Lipinski definition) is 0. The van der Waals surface area contributed by atoms with Crippen LogP contribution < -0.4 is 9.80 Å². The molecule has 8 heteroatoms. The maximum absolute atomic E-state index is 5.40. The average Bonchev–Trinajstić information content (AvgIpc) is 3.11. The van der Waals surface area contributed by atoms with Gasteiger partial charge in [-0.2, -0.15) is 0 Å². The topological polar surface area (TPSA) is 71.7 Å². The molecular weight excluding hydrogens is 306 g/mol. The van der Waals surface area contributed by atoms with Crippen molar-refractivity contribution in [1.29, 1.82) is 0 Å². The Bertz CT molecular complexity index is 811. The zero-order valence-corrected chi connectivity index (χ0v) is 13.5. The average molecular weight is 325 g/mol. The van der Waals surface area contributed by atoms with E-state index in [0.717, 1.165) is 38.7 Å². The predicted molar refractivity (Wildman–Crippen MR) is 90.2 cm³/mol. The molecule has 1 aromatic carbocycles. The number of aromatic nitrogens is 5. The van der Waals surface area contributed by atoms with E-state index in [1.165, 1.54) is 15.9 Å². The fraction of sp³-hybridized carbons (Fsp3) is 0.375. The third-order valence-corrected chi connectivity index (χ3v) is 4.18. The summed E-state index contributed by atoms with van der Waals surface area (Å²) in [5, 5.41) is 15.7. The lowest BCUT2D eigenvalue weighted by molar-refractivity contribution is 0.122. The Balaban J connectivity index is 1.45. The van der Waals surface area contributed by atoms with Crippen molar-refractivity contribution < 1.29 is 4.74 Å². The van der Waals surface area contributed by atoms with Crippen molar-refractivity contribution >= 4 is 17.2 Å². The van der Waals surface area contributed by atoms with Gasteiger partial charge in [0, 0.05) is 32.4 Å². The molecule has 0 N–H and O–H groups in total. The summed E-state index contributed by atoms with van der Waals surface area (Å²) >= 11 is 0. The largest absolute Gasteiger partial charge is 0.378 e. The number of rotatable bonds is 4. The van der Waals surface area contributed by atoms with Crippen molar-refractivity contribution in [3.05, 3.63) is 42.0 Å². The van der Waals surface area contributed by atoms with E-state index in [0.29, 0.717) is 5.65 Å². The van der Waals surface area contributed by atoms with E-state index in [9.17, 15) is 0 Å². The zero-order chi connectivity index (χ0) is 16.4. The number of nitrogens with zero attached hydrogens (tertiary/aromatic N) is 7. The first-order valence-corrected chi connectivity index (χ1v) is 7.98. The molecule has 1 saturated heterocycles. The van der Waals surface area contributed by atoms with Crippen LogP contribution in [0.15, 0.2) is 36.4 Å². The first-order chi connectivity index (χ1) is 11.8. The van der Waals surface area contributed by atoms with E-state index in [1.807, 2.05) is 19.2 Å². The van der Waals surface area contributed by atoms with Gasteiger partial charge in [-0.05, 0) is 40.3 Å². The smallest absolute Gasteiger partial charge is 0.200 e. The second-order valence-electron chi connectivity index (χ2n) is 5.84. The molecule has 2 aromatic heterocycles. The van der Waals surface area contributed by atoms with E-state index in [4.69, 9.17) is 4.74 Å². The summed E-state index contributed by atoms with van der Waals surface area (Å²) in [6.07, 6.45) is 0. The molecule has 0 atom stereocenters. The first kappa shape index (κ1) is 14.8. The molecule has 0 saturated carbocycles. The Labute approximate surface area is 139 Å². The van der Waals surface area contributed by atoms with Gasteiger partial charge >= 0.3 is 0 Å². The van der Waals surface area contributed by atoms with E-state index < -0.39 is 0 Å². The predicted octanol–water partition coefficient (Wildman–Crippen LogP) is 0.992.